The van der Waals surface area contributed by atoms with E-state index in [2.05, 4.69) is 15.9 Å². The highest BCUT2D eigenvalue weighted by Gasteiger charge is 2.15. The maximum atomic E-state index is 13.3. The minimum atomic E-state index is -0.574. The number of esters is 1. The van der Waals surface area contributed by atoms with Crippen LogP contribution in [0.15, 0.2) is 12.1 Å². The molecule has 0 aliphatic rings. The van der Waals surface area contributed by atoms with Gasteiger partial charge in [-0.25, -0.2) is 4.39 Å². The van der Waals surface area contributed by atoms with Crippen LogP contribution < -0.4 is 0 Å². The van der Waals surface area contributed by atoms with Gasteiger partial charge >= 0.3 is 5.97 Å². The largest absolute Gasteiger partial charge is 0.466 e. The number of nitrogens with zero attached hydrogens (tertiary/aromatic N) is 1. The van der Waals surface area contributed by atoms with Gasteiger partial charge in [-0.15, -0.1) is 0 Å². The molecule has 90 valence electrons. The Morgan fingerprint density at radius 2 is 2.29 bits per heavy atom. The molecule has 1 rings (SSSR count). The van der Waals surface area contributed by atoms with Gasteiger partial charge in [0, 0.05) is 5.33 Å². The van der Waals surface area contributed by atoms with Crippen molar-refractivity contribution in [3.8, 4) is 6.07 Å². The molecule has 5 heteroatoms. The van der Waals surface area contributed by atoms with Gasteiger partial charge in [-0.1, -0.05) is 22.0 Å². The number of benzene rings is 1. The van der Waals surface area contributed by atoms with E-state index in [1.165, 1.54) is 12.1 Å². The van der Waals surface area contributed by atoms with Crippen LogP contribution in [-0.4, -0.2) is 12.6 Å². The van der Waals surface area contributed by atoms with Crippen LogP contribution in [-0.2, 0) is 21.3 Å². The lowest BCUT2D eigenvalue weighted by Crippen LogP contribution is -2.10. The maximum absolute atomic E-state index is 13.3. The molecule has 1 aromatic rings. The zero-order valence-electron chi connectivity index (χ0n) is 9.30. The van der Waals surface area contributed by atoms with Gasteiger partial charge in [0.05, 0.1) is 18.6 Å². The molecule has 0 heterocycles. The number of carbonyl (C=O) groups excluding carboxylic acids is 1. The van der Waals surface area contributed by atoms with Crippen molar-refractivity contribution in [2.75, 3.05) is 6.61 Å². The standard InChI is InChI=1S/C12H11BrFNO2/c1-2-17-12(16)5-8-3-4-11(14)10(7-15)9(8)6-13/h3-4H,2,5-6H2,1H3. The summed E-state index contributed by atoms with van der Waals surface area (Å²) in [5, 5.41) is 9.19. The Balaban J connectivity index is 3.09. The molecule has 0 aromatic heterocycles. The van der Waals surface area contributed by atoms with Gasteiger partial charge in [0.2, 0.25) is 0 Å². The van der Waals surface area contributed by atoms with Gasteiger partial charge < -0.3 is 4.74 Å². The Morgan fingerprint density at radius 1 is 1.59 bits per heavy atom. The van der Waals surface area contributed by atoms with E-state index in [4.69, 9.17) is 10.00 Å². The third-order valence-electron chi connectivity index (χ3n) is 2.24. The number of carbonyl (C=O) groups is 1. The molecule has 0 bridgehead atoms. The van der Waals surface area contributed by atoms with E-state index in [1.54, 1.807) is 13.0 Å². The summed E-state index contributed by atoms with van der Waals surface area (Å²) in [5.74, 6) is -0.959. The Kier molecular flexibility index (Phi) is 5.11. The van der Waals surface area contributed by atoms with Crippen LogP contribution >= 0.6 is 15.9 Å². The molecule has 0 saturated carbocycles. The predicted molar refractivity (Wildman–Crippen MR) is 64.1 cm³/mol. The molecule has 0 radical (unpaired) electrons. The van der Waals surface area contributed by atoms with Crippen molar-refractivity contribution in [1.82, 2.24) is 0 Å². The van der Waals surface area contributed by atoms with Crippen LogP contribution in [0.1, 0.15) is 23.6 Å². The molecule has 0 atom stereocenters. The fraction of sp³-hybridized carbons (Fsp3) is 0.333. The van der Waals surface area contributed by atoms with Crippen LogP contribution in [0.2, 0.25) is 0 Å². The molecule has 1 aromatic carbocycles. The molecule has 0 aliphatic carbocycles. The Morgan fingerprint density at radius 3 is 2.82 bits per heavy atom. The number of nitriles is 1. The van der Waals surface area contributed by atoms with E-state index >= 15 is 0 Å². The minimum Gasteiger partial charge on any atom is -0.466 e. The highest BCUT2D eigenvalue weighted by Crippen LogP contribution is 2.21. The second-order valence-corrected chi connectivity index (χ2v) is 3.85. The van der Waals surface area contributed by atoms with E-state index in [9.17, 15) is 9.18 Å². The van der Waals surface area contributed by atoms with E-state index in [0.29, 0.717) is 23.1 Å². The first-order valence-corrected chi connectivity index (χ1v) is 6.18. The van der Waals surface area contributed by atoms with Crippen LogP contribution in [0.25, 0.3) is 0 Å². The Hall–Kier alpha value is -1.41. The zero-order chi connectivity index (χ0) is 12.8. The molecule has 0 spiro atoms. The molecule has 0 N–H and O–H groups in total. The second kappa shape index (κ2) is 6.36. The van der Waals surface area contributed by atoms with Gasteiger partial charge in [0.15, 0.2) is 0 Å². The molecule has 3 nitrogen and oxygen atoms in total. The summed E-state index contributed by atoms with van der Waals surface area (Å²) in [4.78, 5) is 11.4. The quantitative estimate of drug-likeness (QED) is 0.634. The SMILES string of the molecule is CCOC(=O)Cc1ccc(F)c(C#N)c1CBr. The van der Waals surface area contributed by atoms with Crippen LogP contribution in [0.5, 0.6) is 0 Å². The average molecular weight is 300 g/mol. The van der Waals surface area contributed by atoms with Gasteiger partial charge in [-0.2, -0.15) is 5.26 Å². The highest BCUT2D eigenvalue weighted by atomic mass is 79.9. The fourth-order valence-corrected chi connectivity index (χ4v) is 2.11. The van der Waals surface area contributed by atoms with Crippen molar-refractivity contribution < 1.29 is 13.9 Å². The summed E-state index contributed by atoms with van der Waals surface area (Å²) in [5.41, 5.74) is 1.09. The maximum Gasteiger partial charge on any atom is 0.310 e. The smallest absolute Gasteiger partial charge is 0.310 e. The third-order valence-corrected chi connectivity index (χ3v) is 2.81. The number of hydrogen-bond donors (Lipinski definition) is 0. The molecule has 0 amide bonds. The van der Waals surface area contributed by atoms with E-state index in [1.807, 2.05) is 0 Å². The number of ether oxygens (including phenoxy) is 1. The van der Waals surface area contributed by atoms with Gasteiger partial charge in [-0.05, 0) is 24.1 Å². The first-order chi connectivity index (χ1) is 8.13. The first-order valence-electron chi connectivity index (χ1n) is 5.06. The van der Waals surface area contributed by atoms with Crippen molar-refractivity contribution in [1.29, 1.82) is 5.26 Å². The van der Waals surface area contributed by atoms with Crippen molar-refractivity contribution in [3.63, 3.8) is 0 Å². The average Bonchev–Trinajstić information content (AvgIpc) is 2.31. The Bertz CT molecular complexity index is 468. The molecular weight excluding hydrogens is 289 g/mol. The predicted octanol–water partition coefficient (Wildman–Crippen LogP) is 2.70. The summed E-state index contributed by atoms with van der Waals surface area (Å²) < 4.78 is 18.2. The summed E-state index contributed by atoms with van der Waals surface area (Å²) >= 11 is 3.19. The normalized spacial score (nSPS) is 9.76. The molecule has 0 aliphatic heterocycles. The lowest BCUT2D eigenvalue weighted by atomic mass is 10.0. The minimum absolute atomic E-state index is 0.0244. The second-order valence-electron chi connectivity index (χ2n) is 3.29. The Labute approximate surface area is 107 Å². The number of hydrogen-bond acceptors (Lipinski definition) is 3. The van der Waals surface area contributed by atoms with Crippen molar-refractivity contribution >= 4 is 21.9 Å². The van der Waals surface area contributed by atoms with Gasteiger partial charge in [0.1, 0.15) is 11.9 Å². The summed E-state index contributed by atoms with van der Waals surface area (Å²) in [6, 6.07) is 4.50. The summed E-state index contributed by atoms with van der Waals surface area (Å²) in [7, 11) is 0. The third kappa shape index (κ3) is 3.27. The zero-order valence-corrected chi connectivity index (χ0v) is 10.9. The van der Waals surface area contributed by atoms with Crippen molar-refractivity contribution in [2.24, 2.45) is 0 Å². The molecule has 0 fully saturated rings. The van der Waals surface area contributed by atoms with E-state index in [0.717, 1.165) is 0 Å². The first kappa shape index (κ1) is 13.7. The van der Waals surface area contributed by atoms with Crippen molar-refractivity contribution in [3.05, 3.63) is 34.6 Å². The van der Waals surface area contributed by atoms with Crippen molar-refractivity contribution in [2.45, 2.75) is 18.7 Å². The van der Waals surface area contributed by atoms with Crippen LogP contribution in [0.4, 0.5) is 4.39 Å². The molecule has 0 unspecified atom stereocenters. The van der Waals surface area contributed by atoms with E-state index in [-0.39, 0.29) is 18.0 Å². The van der Waals surface area contributed by atoms with Crippen LogP contribution in [0, 0.1) is 17.1 Å². The molecular formula is C12H11BrFNO2. The number of alkyl halides is 1. The van der Waals surface area contributed by atoms with Crippen LogP contribution in [0.3, 0.4) is 0 Å². The highest BCUT2D eigenvalue weighted by molar-refractivity contribution is 9.08. The lowest BCUT2D eigenvalue weighted by molar-refractivity contribution is -0.142. The summed E-state index contributed by atoms with van der Waals surface area (Å²) in [6.45, 7) is 2.02. The topological polar surface area (TPSA) is 50.1 Å². The van der Waals surface area contributed by atoms with Gasteiger partial charge in [0.25, 0.3) is 0 Å². The number of rotatable bonds is 4. The molecule has 17 heavy (non-hydrogen) atoms. The molecule has 0 saturated heterocycles. The van der Waals surface area contributed by atoms with E-state index < -0.39 is 5.82 Å². The summed E-state index contributed by atoms with van der Waals surface area (Å²) in [6.07, 6.45) is 0.0454. The van der Waals surface area contributed by atoms with Gasteiger partial charge in [-0.3, -0.25) is 4.79 Å². The monoisotopic (exact) mass is 299 g/mol. The fourth-order valence-electron chi connectivity index (χ4n) is 1.47. The lowest BCUT2D eigenvalue weighted by Gasteiger charge is -2.09. The number of halogens is 2.